The van der Waals surface area contributed by atoms with Crippen LogP contribution in [0.2, 0.25) is 0 Å². The monoisotopic (exact) mass is 396 g/mol. The third-order valence-corrected chi connectivity index (χ3v) is 5.18. The van der Waals surface area contributed by atoms with Crippen LogP contribution >= 0.6 is 0 Å². The Hall–Kier alpha value is -3.28. The van der Waals surface area contributed by atoms with E-state index in [9.17, 15) is 29.4 Å². The fraction of sp³-hybridized carbons (Fsp3) is 0.304. The van der Waals surface area contributed by atoms with Crippen LogP contribution < -0.4 is 0 Å². The van der Waals surface area contributed by atoms with Gasteiger partial charge in [0.25, 0.3) is 0 Å². The van der Waals surface area contributed by atoms with Gasteiger partial charge in [-0.25, -0.2) is 0 Å². The molecule has 152 valence electrons. The minimum atomic E-state index is -0.857. The molecule has 6 heteroatoms. The molecule has 29 heavy (non-hydrogen) atoms. The summed E-state index contributed by atoms with van der Waals surface area (Å²) in [5.41, 5.74) is 0.276. The zero-order valence-corrected chi connectivity index (χ0v) is 17.3. The second kappa shape index (κ2) is 7.62. The smallest absolute Gasteiger partial charge is 0.163 e. The van der Waals surface area contributed by atoms with E-state index in [0.29, 0.717) is 11.1 Å². The molecule has 0 aromatic heterocycles. The average molecular weight is 396 g/mol. The number of aromatic hydroxyl groups is 2. The van der Waals surface area contributed by atoms with E-state index >= 15 is 0 Å². The van der Waals surface area contributed by atoms with Crippen molar-refractivity contribution in [1.82, 2.24) is 0 Å². The average Bonchev–Trinajstić information content (AvgIpc) is 2.60. The van der Waals surface area contributed by atoms with Crippen LogP contribution in [0.15, 0.2) is 24.3 Å². The Morgan fingerprint density at radius 2 is 0.793 bits per heavy atom. The summed E-state index contributed by atoms with van der Waals surface area (Å²) in [7, 11) is 0. The maximum atomic E-state index is 12.0. The molecule has 0 aliphatic rings. The van der Waals surface area contributed by atoms with Gasteiger partial charge in [-0.3, -0.25) is 19.2 Å². The molecule has 6 nitrogen and oxygen atoms in total. The van der Waals surface area contributed by atoms with Gasteiger partial charge in [0.15, 0.2) is 23.1 Å². The topological polar surface area (TPSA) is 109 Å². The highest BCUT2D eigenvalue weighted by Gasteiger charge is 2.30. The lowest BCUT2D eigenvalue weighted by atomic mass is 9.75. The number of Topliss-reactive ketones (excluding diaryl/α,β-unsaturated/α-hetero) is 4. The molecule has 2 aromatic rings. The van der Waals surface area contributed by atoms with E-state index in [2.05, 4.69) is 0 Å². The van der Waals surface area contributed by atoms with Gasteiger partial charge in [-0.2, -0.15) is 0 Å². The number of ketones is 4. The molecule has 0 radical (unpaired) electrons. The first kappa shape index (κ1) is 22.0. The van der Waals surface area contributed by atoms with Gasteiger partial charge in [0.05, 0.1) is 22.3 Å². The molecule has 0 saturated heterocycles. The maximum Gasteiger partial charge on any atom is 0.163 e. The fourth-order valence-corrected chi connectivity index (χ4v) is 3.23. The van der Waals surface area contributed by atoms with Crippen LogP contribution in [0.3, 0.4) is 0 Å². The Balaban J connectivity index is 2.85. The predicted octanol–water partition coefficient (Wildman–Crippen LogP) is 4.23. The van der Waals surface area contributed by atoms with Gasteiger partial charge in [-0.05, 0) is 63.1 Å². The van der Waals surface area contributed by atoms with Crippen LogP contribution in [0.5, 0.6) is 11.5 Å². The summed E-state index contributed by atoms with van der Waals surface area (Å²) in [5.74, 6) is -2.35. The first-order chi connectivity index (χ1) is 13.3. The van der Waals surface area contributed by atoms with E-state index in [1.807, 2.05) is 0 Å². The summed E-state index contributed by atoms with van der Waals surface area (Å²) in [5, 5.41) is 20.6. The lowest BCUT2D eigenvalue weighted by Crippen LogP contribution is -2.22. The number of hydrogen-bond donors (Lipinski definition) is 2. The Morgan fingerprint density at radius 1 is 0.586 bits per heavy atom. The molecule has 0 fully saturated rings. The fourth-order valence-electron chi connectivity index (χ4n) is 3.23. The van der Waals surface area contributed by atoms with Gasteiger partial charge >= 0.3 is 0 Å². The number of hydrogen-bond acceptors (Lipinski definition) is 6. The van der Waals surface area contributed by atoms with E-state index in [1.54, 1.807) is 13.8 Å². The number of phenolic OH excluding ortho intramolecular Hbond substituents is 2. The van der Waals surface area contributed by atoms with Crippen molar-refractivity contribution in [1.29, 1.82) is 0 Å². The van der Waals surface area contributed by atoms with Crippen molar-refractivity contribution >= 4 is 23.1 Å². The number of carbonyl (C=O) groups is 4. The standard InChI is InChI=1S/C23H24O6/c1-11(24)17-7-15(8-18(12(2)25)21(17)28)23(5,6)16-9-19(13(3)26)22(29)20(10-16)14(4)27/h7-10,28-29H,1-6H3. The highest BCUT2D eigenvalue weighted by atomic mass is 16.3. The first-order valence-corrected chi connectivity index (χ1v) is 9.07. The van der Waals surface area contributed by atoms with Crippen LogP contribution in [-0.4, -0.2) is 33.3 Å². The Labute approximate surface area is 169 Å². The minimum absolute atomic E-state index is 0.0122. The molecular formula is C23H24O6. The van der Waals surface area contributed by atoms with Gasteiger partial charge < -0.3 is 10.2 Å². The van der Waals surface area contributed by atoms with Crippen LogP contribution in [-0.2, 0) is 5.41 Å². The van der Waals surface area contributed by atoms with Gasteiger partial charge in [-0.15, -0.1) is 0 Å². The zero-order chi connectivity index (χ0) is 22.3. The van der Waals surface area contributed by atoms with Crippen LogP contribution in [0, 0.1) is 0 Å². The van der Waals surface area contributed by atoms with Crippen molar-refractivity contribution in [3.05, 3.63) is 57.6 Å². The molecule has 2 rings (SSSR count). The second-order valence-electron chi connectivity index (χ2n) is 7.69. The lowest BCUT2D eigenvalue weighted by Gasteiger charge is -2.28. The number of benzene rings is 2. The largest absolute Gasteiger partial charge is 0.506 e. The summed E-state index contributed by atoms with van der Waals surface area (Å²) in [6, 6.07) is 5.99. The van der Waals surface area contributed by atoms with Gasteiger partial charge in [0, 0.05) is 5.41 Å². The van der Waals surface area contributed by atoms with Crippen LogP contribution in [0.4, 0.5) is 0 Å². The summed E-state index contributed by atoms with van der Waals surface area (Å²) in [4.78, 5) is 48.0. The number of rotatable bonds is 6. The summed E-state index contributed by atoms with van der Waals surface area (Å²) in [6.07, 6.45) is 0. The summed E-state index contributed by atoms with van der Waals surface area (Å²) >= 11 is 0. The van der Waals surface area contributed by atoms with Crippen molar-refractivity contribution in [2.75, 3.05) is 0 Å². The Bertz CT molecular complexity index is 906. The number of carbonyl (C=O) groups excluding carboxylic acids is 4. The van der Waals surface area contributed by atoms with Crippen LogP contribution in [0.25, 0.3) is 0 Å². The molecule has 0 bridgehead atoms. The zero-order valence-electron chi connectivity index (χ0n) is 17.3. The van der Waals surface area contributed by atoms with E-state index in [0.717, 1.165) is 0 Å². The lowest BCUT2D eigenvalue weighted by molar-refractivity contribution is 0.0992. The highest BCUT2D eigenvalue weighted by molar-refractivity contribution is 6.05. The predicted molar refractivity (Wildman–Crippen MR) is 108 cm³/mol. The Kier molecular flexibility index (Phi) is 5.79. The molecule has 2 N–H and O–H groups in total. The molecule has 2 aromatic carbocycles. The van der Waals surface area contributed by atoms with Gasteiger partial charge in [-0.1, -0.05) is 13.8 Å². The van der Waals surface area contributed by atoms with Gasteiger partial charge in [0.2, 0.25) is 0 Å². The van der Waals surface area contributed by atoms with Gasteiger partial charge in [0.1, 0.15) is 11.5 Å². The molecular weight excluding hydrogens is 372 g/mol. The summed E-state index contributed by atoms with van der Waals surface area (Å²) in [6.45, 7) is 8.76. The first-order valence-electron chi connectivity index (χ1n) is 9.07. The van der Waals surface area contributed by atoms with Crippen molar-refractivity contribution in [3.8, 4) is 11.5 Å². The number of phenols is 2. The van der Waals surface area contributed by atoms with E-state index in [1.165, 1.54) is 52.0 Å². The third-order valence-electron chi connectivity index (χ3n) is 5.18. The maximum absolute atomic E-state index is 12.0. The molecule has 0 aliphatic carbocycles. The molecule has 0 saturated carbocycles. The van der Waals surface area contributed by atoms with Crippen molar-refractivity contribution in [3.63, 3.8) is 0 Å². The SMILES string of the molecule is CC(=O)c1cc(C(C)(C)c2cc(C(C)=O)c(O)c(C(C)=O)c2)cc(C(C)=O)c1O. The van der Waals surface area contributed by atoms with Crippen LogP contribution in [0.1, 0.15) is 94.1 Å². The quantitative estimate of drug-likeness (QED) is 0.707. The van der Waals surface area contributed by atoms with E-state index in [-0.39, 0.29) is 33.8 Å². The molecule has 0 unspecified atom stereocenters. The molecule has 0 aliphatic heterocycles. The second-order valence-corrected chi connectivity index (χ2v) is 7.69. The van der Waals surface area contributed by atoms with E-state index < -0.39 is 28.5 Å². The minimum Gasteiger partial charge on any atom is -0.506 e. The normalized spacial score (nSPS) is 11.2. The Morgan fingerprint density at radius 3 is 0.966 bits per heavy atom. The third kappa shape index (κ3) is 3.97. The van der Waals surface area contributed by atoms with Crippen molar-refractivity contribution in [2.24, 2.45) is 0 Å². The molecule has 0 spiro atoms. The summed E-state index contributed by atoms with van der Waals surface area (Å²) < 4.78 is 0. The van der Waals surface area contributed by atoms with E-state index in [4.69, 9.17) is 0 Å². The van der Waals surface area contributed by atoms with Crippen molar-refractivity contribution < 1.29 is 29.4 Å². The molecule has 0 amide bonds. The molecule has 0 heterocycles. The molecule has 0 atom stereocenters. The highest BCUT2D eigenvalue weighted by Crippen LogP contribution is 2.39. The van der Waals surface area contributed by atoms with Crippen molar-refractivity contribution in [2.45, 2.75) is 47.0 Å².